The van der Waals surface area contributed by atoms with Gasteiger partial charge in [-0.2, -0.15) is 0 Å². The van der Waals surface area contributed by atoms with Crippen molar-refractivity contribution >= 4 is 17.0 Å². The van der Waals surface area contributed by atoms with Crippen LogP contribution >= 0.6 is 0 Å². The minimum Gasteiger partial charge on any atom is -0.382 e. The molecule has 0 bridgehead atoms. The molecule has 90 valence electrons. The highest BCUT2D eigenvalue weighted by molar-refractivity contribution is 5.80. The van der Waals surface area contributed by atoms with Gasteiger partial charge >= 0.3 is 0 Å². The highest BCUT2D eigenvalue weighted by Gasteiger charge is 2.15. The molecule has 2 aromatic rings. The number of nitrogens with zero attached hydrogens (tertiary/aromatic N) is 3. The molecule has 0 saturated carbocycles. The summed E-state index contributed by atoms with van der Waals surface area (Å²) in [6.07, 6.45) is 4.81. The molecular formula is C11H16N6. The normalized spacial score (nSPS) is 20.1. The van der Waals surface area contributed by atoms with Crippen molar-refractivity contribution in [3.8, 4) is 0 Å². The lowest BCUT2D eigenvalue weighted by atomic mass is 10.0. The van der Waals surface area contributed by atoms with Crippen molar-refractivity contribution in [1.29, 1.82) is 0 Å². The number of fused-ring (bicyclic) bond motifs is 1. The molecule has 1 unspecified atom stereocenters. The van der Waals surface area contributed by atoms with Crippen molar-refractivity contribution in [3.63, 3.8) is 0 Å². The molecule has 1 aliphatic heterocycles. The topological polar surface area (TPSA) is 92.5 Å². The van der Waals surface area contributed by atoms with Crippen LogP contribution in [-0.4, -0.2) is 33.0 Å². The van der Waals surface area contributed by atoms with Gasteiger partial charge in [0.25, 0.3) is 0 Å². The van der Waals surface area contributed by atoms with Crippen LogP contribution in [-0.2, 0) is 6.42 Å². The van der Waals surface area contributed by atoms with Crippen LogP contribution in [0.5, 0.6) is 0 Å². The van der Waals surface area contributed by atoms with Gasteiger partial charge in [-0.3, -0.25) is 0 Å². The Bertz CT molecular complexity index is 514. The summed E-state index contributed by atoms with van der Waals surface area (Å²) in [6, 6.07) is 0. The first-order valence-corrected chi connectivity index (χ1v) is 5.98. The van der Waals surface area contributed by atoms with Crippen LogP contribution in [0, 0.1) is 5.92 Å². The standard InChI is InChI=1S/C11H16N6/c12-10-9-11(15-6-14-10)17-8(16-9)2-1-7-3-4-13-5-7/h6-7,13H,1-5H2,(H3,12,14,15,16,17). The summed E-state index contributed by atoms with van der Waals surface area (Å²) >= 11 is 0. The fraction of sp³-hybridized carbons (Fsp3) is 0.545. The van der Waals surface area contributed by atoms with E-state index in [4.69, 9.17) is 5.73 Å². The summed E-state index contributed by atoms with van der Waals surface area (Å²) < 4.78 is 0. The van der Waals surface area contributed by atoms with Gasteiger partial charge in [0.05, 0.1) is 0 Å². The van der Waals surface area contributed by atoms with Crippen molar-refractivity contribution in [1.82, 2.24) is 25.3 Å². The Hall–Kier alpha value is -1.69. The minimum absolute atomic E-state index is 0.469. The van der Waals surface area contributed by atoms with Gasteiger partial charge < -0.3 is 16.0 Å². The van der Waals surface area contributed by atoms with Gasteiger partial charge in [-0.15, -0.1) is 0 Å². The average molecular weight is 232 g/mol. The molecule has 6 heteroatoms. The summed E-state index contributed by atoms with van der Waals surface area (Å²) in [6.45, 7) is 2.27. The predicted octanol–water partition coefficient (Wildman–Crippen LogP) is 0.477. The van der Waals surface area contributed by atoms with Gasteiger partial charge in [-0.05, 0) is 31.8 Å². The number of rotatable bonds is 3. The Morgan fingerprint density at radius 2 is 2.35 bits per heavy atom. The maximum absolute atomic E-state index is 5.76. The van der Waals surface area contributed by atoms with Crippen LogP contribution in [0.25, 0.3) is 11.2 Å². The first-order chi connectivity index (χ1) is 8.33. The molecule has 2 aromatic heterocycles. The molecule has 4 N–H and O–H groups in total. The Kier molecular flexibility index (Phi) is 2.64. The van der Waals surface area contributed by atoms with Crippen molar-refractivity contribution in [2.75, 3.05) is 18.8 Å². The molecule has 0 aromatic carbocycles. The lowest BCUT2D eigenvalue weighted by molar-refractivity contribution is 0.526. The first-order valence-electron chi connectivity index (χ1n) is 5.98. The monoisotopic (exact) mass is 232 g/mol. The third kappa shape index (κ3) is 2.08. The molecule has 3 heterocycles. The Balaban J connectivity index is 1.74. The van der Waals surface area contributed by atoms with E-state index in [1.54, 1.807) is 0 Å². The minimum atomic E-state index is 0.469. The van der Waals surface area contributed by atoms with Gasteiger partial charge in [0.1, 0.15) is 17.7 Å². The van der Waals surface area contributed by atoms with Gasteiger partial charge in [0, 0.05) is 6.42 Å². The number of anilines is 1. The summed E-state index contributed by atoms with van der Waals surface area (Å²) in [4.78, 5) is 15.7. The summed E-state index contributed by atoms with van der Waals surface area (Å²) in [5, 5.41) is 3.37. The average Bonchev–Trinajstić information content (AvgIpc) is 2.95. The zero-order chi connectivity index (χ0) is 11.7. The molecule has 1 atom stereocenters. The molecule has 0 aliphatic carbocycles. The van der Waals surface area contributed by atoms with Gasteiger partial charge in [0.2, 0.25) is 0 Å². The lowest BCUT2D eigenvalue weighted by Crippen LogP contribution is -2.09. The number of H-pyrrole nitrogens is 1. The number of aromatic nitrogens is 4. The molecule has 0 amide bonds. The summed E-state index contributed by atoms with van der Waals surface area (Å²) in [7, 11) is 0. The van der Waals surface area contributed by atoms with E-state index in [-0.39, 0.29) is 0 Å². The number of nitrogens with two attached hydrogens (primary N) is 1. The van der Waals surface area contributed by atoms with Crippen LogP contribution in [0.3, 0.4) is 0 Å². The van der Waals surface area contributed by atoms with Crippen molar-refractivity contribution in [3.05, 3.63) is 12.2 Å². The van der Waals surface area contributed by atoms with Gasteiger partial charge in [0.15, 0.2) is 11.5 Å². The summed E-state index contributed by atoms with van der Waals surface area (Å²) in [5.41, 5.74) is 7.18. The van der Waals surface area contributed by atoms with E-state index in [1.165, 1.54) is 12.7 Å². The second-order valence-corrected chi connectivity index (χ2v) is 4.54. The highest BCUT2D eigenvalue weighted by atomic mass is 15.0. The van der Waals surface area contributed by atoms with E-state index < -0.39 is 0 Å². The number of nitrogens with one attached hydrogen (secondary N) is 2. The van der Waals surface area contributed by atoms with E-state index >= 15 is 0 Å². The maximum Gasteiger partial charge on any atom is 0.183 e. The number of aromatic amines is 1. The SMILES string of the molecule is Nc1ncnc2nc(CCC3CCNC3)[nH]c12. The largest absolute Gasteiger partial charge is 0.382 e. The van der Waals surface area contributed by atoms with Gasteiger partial charge in [-0.1, -0.05) is 0 Å². The fourth-order valence-electron chi connectivity index (χ4n) is 2.31. The zero-order valence-electron chi connectivity index (χ0n) is 9.61. The first kappa shape index (κ1) is 10.5. The fourth-order valence-corrected chi connectivity index (χ4v) is 2.31. The molecule has 3 rings (SSSR count). The molecule has 1 fully saturated rings. The zero-order valence-corrected chi connectivity index (χ0v) is 9.61. The van der Waals surface area contributed by atoms with Crippen molar-refractivity contribution < 1.29 is 0 Å². The predicted molar refractivity (Wildman–Crippen MR) is 65.4 cm³/mol. The maximum atomic E-state index is 5.76. The highest BCUT2D eigenvalue weighted by Crippen LogP contribution is 2.17. The Morgan fingerprint density at radius 1 is 1.41 bits per heavy atom. The second-order valence-electron chi connectivity index (χ2n) is 4.54. The molecular weight excluding hydrogens is 216 g/mol. The van der Waals surface area contributed by atoms with Crippen molar-refractivity contribution in [2.45, 2.75) is 19.3 Å². The van der Waals surface area contributed by atoms with E-state index in [2.05, 4.69) is 25.3 Å². The molecule has 1 saturated heterocycles. The molecule has 0 spiro atoms. The van der Waals surface area contributed by atoms with E-state index in [0.717, 1.165) is 43.2 Å². The van der Waals surface area contributed by atoms with Gasteiger partial charge in [-0.25, -0.2) is 15.0 Å². The quantitative estimate of drug-likeness (QED) is 0.715. The van der Waals surface area contributed by atoms with Crippen LogP contribution in [0.1, 0.15) is 18.7 Å². The number of nitrogen functional groups attached to an aromatic ring is 1. The third-order valence-corrected chi connectivity index (χ3v) is 3.32. The number of hydrogen-bond donors (Lipinski definition) is 3. The second kappa shape index (κ2) is 4.29. The number of aryl methyl sites for hydroxylation is 1. The molecule has 0 radical (unpaired) electrons. The number of imidazole rings is 1. The Labute approximate surface area is 99.1 Å². The lowest BCUT2D eigenvalue weighted by Gasteiger charge is -2.05. The van der Waals surface area contributed by atoms with E-state index in [9.17, 15) is 0 Å². The third-order valence-electron chi connectivity index (χ3n) is 3.32. The molecule has 6 nitrogen and oxygen atoms in total. The van der Waals surface area contributed by atoms with Crippen LogP contribution in [0.15, 0.2) is 6.33 Å². The van der Waals surface area contributed by atoms with Crippen LogP contribution in [0.4, 0.5) is 5.82 Å². The smallest absolute Gasteiger partial charge is 0.183 e. The molecule has 1 aliphatic rings. The van der Waals surface area contributed by atoms with Crippen LogP contribution < -0.4 is 11.1 Å². The summed E-state index contributed by atoms with van der Waals surface area (Å²) in [5.74, 6) is 2.20. The van der Waals surface area contributed by atoms with E-state index in [1.807, 2.05) is 0 Å². The molecule has 17 heavy (non-hydrogen) atoms. The van der Waals surface area contributed by atoms with E-state index in [0.29, 0.717) is 11.5 Å². The van der Waals surface area contributed by atoms with Crippen molar-refractivity contribution in [2.24, 2.45) is 5.92 Å². The van der Waals surface area contributed by atoms with Crippen LogP contribution in [0.2, 0.25) is 0 Å². The number of hydrogen-bond acceptors (Lipinski definition) is 5. The Morgan fingerprint density at radius 3 is 3.12 bits per heavy atom.